The van der Waals surface area contributed by atoms with Crippen molar-refractivity contribution in [2.45, 2.75) is 62.8 Å². The van der Waals surface area contributed by atoms with Crippen molar-refractivity contribution in [3.8, 4) is 11.3 Å². The van der Waals surface area contributed by atoms with Crippen LogP contribution in [-0.2, 0) is 24.4 Å². The first-order valence-electron chi connectivity index (χ1n) is 15.1. The Morgan fingerprint density at radius 1 is 1.05 bits per heavy atom. The zero-order valence-electron chi connectivity index (χ0n) is 25.0. The molecule has 226 valence electrons. The van der Waals surface area contributed by atoms with Crippen LogP contribution in [0.1, 0.15) is 78.7 Å². The summed E-state index contributed by atoms with van der Waals surface area (Å²) in [6.45, 7) is 1.52. The molecule has 0 aliphatic heterocycles. The molecular formula is C35H34F2N4O3. The molecule has 2 fully saturated rings. The maximum atomic E-state index is 14.3. The molecule has 0 spiro atoms. The van der Waals surface area contributed by atoms with Crippen LogP contribution in [0.25, 0.3) is 39.3 Å². The monoisotopic (exact) mass is 596 g/mol. The average molecular weight is 597 g/mol. The van der Waals surface area contributed by atoms with Gasteiger partial charge in [-0.1, -0.05) is 18.2 Å². The third-order valence-electron chi connectivity index (χ3n) is 9.51. The number of amides is 1. The van der Waals surface area contributed by atoms with E-state index in [1.807, 2.05) is 59.6 Å². The second-order valence-corrected chi connectivity index (χ2v) is 12.4. The summed E-state index contributed by atoms with van der Waals surface area (Å²) >= 11 is 0. The minimum Gasteiger partial charge on any atom is -0.472 e. The highest BCUT2D eigenvalue weighted by atomic mass is 19.3. The molecule has 1 N–H and O–H groups in total. The van der Waals surface area contributed by atoms with Crippen LogP contribution >= 0.6 is 0 Å². The molecule has 1 unspecified atom stereocenters. The van der Waals surface area contributed by atoms with Gasteiger partial charge in [0.05, 0.1) is 34.8 Å². The molecule has 2 saturated carbocycles. The van der Waals surface area contributed by atoms with Crippen LogP contribution < -0.4 is 5.32 Å². The minimum atomic E-state index is -2.68. The largest absolute Gasteiger partial charge is 0.472 e. The highest BCUT2D eigenvalue weighted by Crippen LogP contribution is 2.50. The summed E-state index contributed by atoms with van der Waals surface area (Å²) < 4.78 is 38.1. The van der Waals surface area contributed by atoms with E-state index in [0.29, 0.717) is 12.0 Å². The maximum absolute atomic E-state index is 14.3. The zero-order chi connectivity index (χ0) is 30.8. The molecule has 2 aromatic carbocycles. The number of carbonyl (C=O) groups excluding carboxylic acids is 2. The summed E-state index contributed by atoms with van der Waals surface area (Å²) in [5, 5.41) is 4.19. The normalized spacial score (nSPS) is 19.2. The number of aromatic nitrogens is 3. The summed E-state index contributed by atoms with van der Waals surface area (Å²) in [6.07, 6.45) is 9.16. The molecule has 7 rings (SSSR count). The standard InChI is InChI=1S/C35H34F2N4O3/c1-21(42)5-6-22-7-10-27-29(17-22)41(3)33(38-27)34(13-4-14-34)39-32(43)23-8-9-26-28(18-23)40(2)31(25-12-16-44-20-25)30(26)24-11-15-35(36,37)19-24/h5-10,12,16-18,20,24H,4,11,13-15,19H2,1-3H3,(H,39,43)/b6-5+. The number of carbonyl (C=O) groups is 2. The number of ketones is 1. The predicted octanol–water partition coefficient (Wildman–Crippen LogP) is 7.64. The summed E-state index contributed by atoms with van der Waals surface area (Å²) in [7, 11) is 3.87. The average Bonchev–Trinajstić information content (AvgIpc) is 3.75. The van der Waals surface area contributed by atoms with Gasteiger partial charge >= 0.3 is 0 Å². The van der Waals surface area contributed by atoms with Gasteiger partial charge < -0.3 is 18.9 Å². The topological polar surface area (TPSA) is 82.1 Å². The van der Waals surface area contributed by atoms with Crippen molar-refractivity contribution in [2.24, 2.45) is 14.1 Å². The van der Waals surface area contributed by atoms with Crippen LogP contribution in [0.5, 0.6) is 0 Å². The lowest BCUT2D eigenvalue weighted by atomic mass is 9.75. The summed E-state index contributed by atoms with van der Waals surface area (Å²) in [5.41, 5.74) is 5.93. The van der Waals surface area contributed by atoms with E-state index in [2.05, 4.69) is 5.32 Å². The van der Waals surface area contributed by atoms with Gasteiger partial charge in [-0.25, -0.2) is 13.8 Å². The van der Waals surface area contributed by atoms with Crippen molar-refractivity contribution in [2.75, 3.05) is 0 Å². The van der Waals surface area contributed by atoms with E-state index in [0.717, 1.165) is 69.4 Å². The van der Waals surface area contributed by atoms with Gasteiger partial charge in [0.15, 0.2) is 5.78 Å². The van der Waals surface area contributed by atoms with Crippen LogP contribution in [0.2, 0.25) is 0 Å². The van der Waals surface area contributed by atoms with Gasteiger partial charge in [-0.3, -0.25) is 9.59 Å². The predicted molar refractivity (Wildman–Crippen MR) is 166 cm³/mol. The van der Waals surface area contributed by atoms with Crippen LogP contribution in [0.3, 0.4) is 0 Å². The van der Waals surface area contributed by atoms with Crippen LogP contribution in [0.4, 0.5) is 8.78 Å². The van der Waals surface area contributed by atoms with Gasteiger partial charge in [0.2, 0.25) is 5.92 Å². The van der Waals surface area contributed by atoms with E-state index in [4.69, 9.17) is 9.40 Å². The Labute approximate surface area is 253 Å². The van der Waals surface area contributed by atoms with Crippen LogP contribution in [0.15, 0.2) is 65.5 Å². The van der Waals surface area contributed by atoms with Gasteiger partial charge in [-0.2, -0.15) is 0 Å². The quantitative estimate of drug-likeness (QED) is 0.196. The smallest absolute Gasteiger partial charge is 0.252 e. The maximum Gasteiger partial charge on any atom is 0.252 e. The fourth-order valence-corrected chi connectivity index (χ4v) is 7.14. The number of aryl methyl sites for hydroxylation is 2. The second kappa shape index (κ2) is 10.3. The van der Waals surface area contributed by atoms with Crippen LogP contribution in [0, 0.1) is 0 Å². The van der Waals surface area contributed by atoms with E-state index >= 15 is 0 Å². The number of hydrogen-bond donors (Lipinski definition) is 1. The molecule has 1 amide bonds. The van der Waals surface area contributed by atoms with E-state index in [1.165, 1.54) is 6.92 Å². The van der Waals surface area contributed by atoms with Crippen LogP contribution in [-0.4, -0.2) is 31.7 Å². The van der Waals surface area contributed by atoms with E-state index < -0.39 is 11.5 Å². The van der Waals surface area contributed by atoms with Crippen molar-refractivity contribution in [3.05, 3.63) is 83.6 Å². The molecule has 0 saturated heterocycles. The Bertz CT molecular complexity index is 1960. The first kappa shape index (κ1) is 28.3. The fraction of sp³-hybridized carbons (Fsp3) is 0.343. The van der Waals surface area contributed by atoms with Crippen molar-refractivity contribution < 1.29 is 22.8 Å². The number of nitrogens with zero attached hydrogens (tertiary/aromatic N) is 3. The lowest BCUT2D eigenvalue weighted by Crippen LogP contribution is -2.52. The molecule has 2 aliphatic carbocycles. The molecular weight excluding hydrogens is 562 g/mol. The third kappa shape index (κ3) is 4.66. The number of benzene rings is 2. The van der Waals surface area contributed by atoms with E-state index in [-0.39, 0.29) is 30.4 Å². The number of hydrogen-bond acceptors (Lipinski definition) is 4. The molecule has 0 radical (unpaired) electrons. The first-order chi connectivity index (χ1) is 21.1. The van der Waals surface area contributed by atoms with Crippen molar-refractivity contribution in [3.63, 3.8) is 0 Å². The fourth-order valence-electron chi connectivity index (χ4n) is 7.14. The molecule has 44 heavy (non-hydrogen) atoms. The Morgan fingerprint density at radius 3 is 2.52 bits per heavy atom. The summed E-state index contributed by atoms with van der Waals surface area (Å²) in [6, 6.07) is 13.3. The molecule has 7 nitrogen and oxygen atoms in total. The number of rotatable bonds is 7. The molecule has 3 aromatic heterocycles. The van der Waals surface area contributed by atoms with E-state index in [1.54, 1.807) is 30.7 Å². The lowest BCUT2D eigenvalue weighted by molar-refractivity contribution is -0.112. The van der Waals surface area contributed by atoms with E-state index in [9.17, 15) is 18.4 Å². The minimum absolute atomic E-state index is 0.0190. The Morgan fingerprint density at radius 2 is 1.86 bits per heavy atom. The molecule has 2 aliphatic rings. The van der Waals surface area contributed by atoms with Gasteiger partial charge in [0.25, 0.3) is 5.91 Å². The molecule has 5 aromatic rings. The second-order valence-electron chi connectivity index (χ2n) is 12.4. The number of fused-ring (bicyclic) bond motifs is 2. The highest BCUT2D eigenvalue weighted by molar-refractivity contribution is 6.01. The number of imidazole rings is 1. The first-order valence-corrected chi connectivity index (χ1v) is 15.1. The number of allylic oxidation sites excluding steroid dienone is 1. The molecule has 0 bridgehead atoms. The lowest BCUT2D eigenvalue weighted by Gasteiger charge is -2.41. The van der Waals surface area contributed by atoms with Crippen molar-refractivity contribution in [1.82, 2.24) is 19.4 Å². The number of halogens is 2. The Kier molecular flexibility index (Phi) is 6.60. The van der Waals surface area contributed by atoms with Gasteiger partial charge in [0, 0.05) is 49.0 Å². The number of furan rings is 1. The van der Waals surface area contributed by atoms with Crippen molar-refractivity contribution in [1.29, 1.82) is 0 Å². The van der Waals surface area contributed by atoms with Crippen molar-refractivity contribution >= 4 is 39.7 Å². The number of nitrogens with one attached hydrogen (secondary N) is 1. The molecule has 1 atom stereocenters. The molecule has 3 heterocycles. The van der Waals surface area contributed by atoms with Gasteiger partial charge in [-0.05, 0) is 86.1 Å². The van der Waals surface area contributed by atoms with Gasteiger partial charge in [0.1, 0.15) is 5.82 Å². The number of alkyl halides is 2. The van der Waals surface area contributed by atoms with Gasteiger partial charge in [-0.15, -0.1) is 0 Å². The zero-order valence-corrected chi connectivity index (χ0v) is 25.0. The molecule has 9 heteroatoms. The summed E-state index contributed by atoms with van der Waals surface area (Å²) in [4.78, 5) is 30.2. The summed E-state index contributed by atoms with van der Waals surface area (Å²) in [5.74, 6) is -2.39. The third-order valence-corrected chi connectivity index (χ3v) is 9.51. The SMILES string of the molecule is CC(=O)/C=C/c1ccc2nc(C3(NC(=O)c4ccc5c(C6CCC(F)(F)C6)c(-c6ccoc6)n(C)c5c4)CCC3)n(C)c2c1. The Balaban J connectivity index is 1.24. The Hall–Kier alpha value is -4.53. The highest BCUT2D eigenvalue weighted by Gasteiger charge is 2.45.